The van der Waals surface area contributed by atoms with Crippen molar-refractivity contribution in [1.29, 1.82) is 0 Å². The van der Waals surface area contributed by atoms with Crippen LogP contribution in [0.2, 0.25) is 0 Å². The van der Waals surface area contributed by atoms with Crippen LogP contribution >= 0.6 is 11.6 Å². The average Bonchev–Trinajstić information content (AvgIpc) is 3.14. The molecular weight excluding hydrogens is 426 g/mol. The second kappa shape index (κ2) is 11.6. The van der Waals surface area contributed by atoms with E-state index in [2.05, 4.69) is 23.7 Å². The number of nitrogens with two attached hydrogens (primary N) is 1. The lowest BCUT2D eigenvalue weighted by molar-refractivity contribution is 0.354. The number of aryl methyl sites for hydroxylation is 1. The van der Waals surface area contributed by atoms with Crippen molar-refractivity contribution in [1.82, 2.24) is 19.7 Å². The lowest BCUT2D eigenvalue weighted by atomic mass is 10.2. The number of fused-ring (bicyclic) bond motifs is 1. The molecule has 2 heterocycles. The fourth-order valence-corrected chi connectivity index (χ4v) is 3.60. The molecule has 0 fully saturated rings. The highest BCUT2D eigenvalue weighted by atomic mass is 35.5. The largest absolute Gasteiger partial charge is 0.493 e. The Balaban J connectivity index is 2.01. The van der Waals surface area contributed by atoms with Gasteiger partial charge in [-0.05, 0) is 42.9 Å². The number of anilines is 1. The molecule has 2 N–H and O–H groups in total. The van der Waals surface area contributed by atoms with Crippen LogP contribution in [0.4, 0.5) is 5.82 Å². The van der Waals surface area contributed by atoms with Gasteiger partial charge in [-0.15, -0.1) is 11.6 Å². The summed E-state index contributed by atoms with van der Waals surface area (Å²) < 4.78 is 12.6. The molecule has 0 aliphatic heterocycles. The number of unbranched alkanes of at least 4 members (excludes halogenated alkanes) is 3. The zero-order valence-electron chi connectivity index (χ0n) is 18.9. The fourth-order valence-electron chi connectivity index (χ4n) is 3.41. The SMILES string of the molecule is CCCCc1nc(N)c2c(n1)c(C#CCCCCCl)nn2Cc1ccc(OC)c(OC)c1. The van der Waals surface area contributed by atoms with Gasteiger partial charge in [-0.1, -0.05) is 25.3 Å². The van der Waals surface area contributed by atoms with Crippen LogP contribution in [-0.2, 0) is 13.0 Å². The molecule has 0 aliphatic carbocycles. The smallest absolute Gasteiger partial charge is 0.161 e. The summed E-state index contributed by atoms with van der Waals surface area (Å²) in [5.41, 5.74) is 9.39. The lowest BCUT2D eigenvalue weighted by Gasteiger charge is -2.10. The number of nitrogens with zero attached hydrogens (tertiary/aromatic N) is 4. The van der Waals surface area contributed by atoms with Crippen molar-refractivity contribution in [2.24, 2.45) is 0 Å². The molecule has 7 nitrogen and oxygen atoms in total. The molecule has 0 saturated heterocycles. The van der Waals surface area contributed by atoms with Gasteiger partial charge in [0.2, 0.25) is 0 Å². The summed E-state index contributed by atoms with van der Waals surface area (Å²) in [6.45, 7) is 2.62. The standard InChI is InChI=1S/C24H30ClN5O2/c1-4-5-11-21-27-22-18(10-8-6-7-9-14-25)29-30(23(22)24(26)28-21)16-17-12-13-19(31-2)20(15-17)32-3/h12-13,15H,4-7,9,11,14,16H2,1-3H3,(H2,26,27,28). The van der Waals surface area contributed by atoms with E-state index in [-0.39, 0.29) is 0 Å². The first-order valence-electron chi connectivity index (χ1n) is 10.9. The molecule has 8 heteroatoms. The summed E-state index contributed by atoms with van der Waals surface area (Å²) in [6, 6.07) is 5.77. The molecule has 0 radical (unpaired) electrons. The molecular formula is C24H30ClN5O2. The molecule has 0 saturated carbocycles. The van der Waals surface area contributed by atoms with Gasteiger partial charge in [-0.2, -0.15) is 5.10 Å². The number of aromatic nitrogens is 4. The van der Waals surface area contributed by atoms with Gasteiger partial charge in [0, 0.05) is 18.7 Å². The molecule has 170 valence electrons. The Morgan fingerprint density at radius 1 is 1.09 bits per heavy atom. The van der Waals surface area contributed by atoms with E-state index in [4.69, 9.17) is 36.9 Å². The quantitative estimate of drug-likeness (QED) is 0.273. The number of halogens is 1. The van der Waals surface area contributed by atoms with E-state index in [9.17, 15) is 0 Å². The van der Waals surface area contributed by atoms with Gasteiger partial charge in [0.05, 0.1) is 20.8 Å². The molecule has 0 spiro atoms. The number of alkyl halides is 1. The van der Waals surface area contributed by atoms with Crippen LogP contribution in [0.15, 0.2) is 18.2 Å². The summed E-state index contributed by atoms with van der Waals surface area (Å²) in [4.78, 5) is 9.30. The number of benzene rings is 1. The van der Waals surface area contributed by atoms with E-state index >= 15 is 0 Å². The van der Waals surface area contributed by atoms with Crippen LogP contribution in [0.3, 0.4) is 0 Å². The lowest BCUT2D eigenvalue weighted by Crippen LogP contribution is -2.07. The van der Waals surface area contributed by atoms with Crippen molar-refractivity contribution >= 4 is 28.5 Å². The van der Waals surface area contributed by atoms with Gasteiger partial charge in [0.25, 0.3) is 0 Å². The number of hydrogen-bond acceptors (Lipinski definition) is 6. The number of nitrogen functional groups attached to an aromatic ring is 1. The summed E-state index contributed by atoms with van der Waals surface area (Å²) >= 11 is 5.76. The van der Waals surface area contributed by atoms with Crippen LogP contribution in [0.5, 0.6) is 11.5 Å². The van der Waals surface area contributed by atoms with Gasteiger partial charge < -0.3 is 15.2 Å². The Kier molecular flexibility index (Phi) is 8.57. The Morgan fingerprint density at radius 2 is 1.91 bits per heavy atom. The molecule has 3 rings (SSSR count). The maximum Gasteiger partial charge on any atom is 0.161 e. The Labute approximate surface area is 194 Å². The highest BCUT2D eigenvalue weighted by Gasteiger charge is 2.17. The number of ether oxygens (including phenoxy) is 2. The van der Waals surface area contributed by atoms with Crippen LogP contribution < -0.4 is 15.2 Å². The summed E-state index contributed by atoms with van der Waals surface area (Å²) in [5, 5.41) is 4.75. The van der Waals surface area contributed by atoms with Crippen LogP contribution in [0.25, 0.3) is 11.0 Å². The molecule has 3 aromatic rings. The van der Waals surface area contributed by atoms with Gasteiger partial charge >= 0.3 is 0 Å². The Hall–Kier alpha value is -2.98. The minimum atomic E-state index is 0.421. The summed E-state index contributed by atoms with van der Waals surface area (Å²) in [5.74, 6) is 9.52. The minimum Gasteiger partial charge on any atom is -0.493 e. The molecule has 0 atom stereocenters. The van der Waals surface area contributed by atoms with E-state index in [0.29, 0.717) is 46.5 Å². The van der Waals surface area contributed by atoms with E-state index in [1.165, 1.54) is 0 Å². The first kappa shape index (κ1) is 23.7. The molecule has 0 unspecified atom stereocenters. The second-order valence-corrected chi connectivity index (χ2v) is 7.85. The van der Waals surface area contributed by atoms with Crippen LogP contribution in [0.1, 0.15) is 56.1 Å². The normalized spacial score (nSPS) is 10.8. The van der Waals surface area contributed by atoms with Crippen molar-refractivity contribution in [3.05, 3.63) is 35.3 Å². The fraction of sp³-hybridized carbons (Fsp3) is 0.458. The van der Waals surface area contributed by atoms with Crippen molar-refractivity contribution in [2.45, 2.75) is 52.0 Å². The predicted octanol–water partition coefficient (Wildman–Crippen LogP) is 4.58. The molecule has 1 aromatic carbocycles. The maximum absolute atomic E-state index is 6.37. The highest BCUT2D eigenvalue weighted by Crippen LogP contribution is 2.29. The third-order valence-electron chi connectivity index (χ3n) is 5.09. The monoisotopic (exact) mass is 455 g/mol. The highest BCUT2D eigenvalue weighted by molar-refractivity contribution is 6.17. The van der Waals surface area contributed by atoms with Crippen LogP contribution in [0, 0.1) is 11.8 Å². The van der Waals surface area contributed by atoms with Crippen LogP contribution in [-0.4, -0.2) is 39.8 Å². The van der Waals surface area contributed by atoms with E-state index in [1.807, 2.05) is 22.9 Å². The predicted molar refractivity (Wildman–Crippen MR) is 128 cm³/mol. The molecule has 32 heavy (non-hydrogen) atoms. The molecule has 0 aliphatic rings. The molecule has 0 amide bonds. The number of methoxy groups -OCH3 is 2. The third kappa shape index (κ3) is 5.63. The third-order valence-corrected chi connectivity index (χ3v) is 5.35. The first-order valence-corrected chi connectivity index (χ1v) is 11.4. The van der Waals surface area contributed by atoms with Crippen molar-refractivity contribution in [2.75, 3.05) is 25.8 Å². The summed E-state index contributed by atoms with van der Waals surface area (Å²) in [6.07, 6.45) is 5.51. The zero-order valence-corrected chi connectivity index (χ0v) is 19.7. The van der Waals surface area contributed by atoms with Gasteiger partial charge in [-0.25, -0.2) is 9.97 Å². The zero-order chi connectivity index (χ0) is 22.9. The first-order chi connectivity index (χ1) is 15.6. The molecule has 2 aromatic heterocycles. The second-order valence-electron chi connectivity index (χ2n) is 7.47. The van der Waals surface area contributed by atoms with Crippen molar-refractivity contribution < 1.29 is 9.47 Å². The summed E-state index contributed by atoms with van der Waals surface area (Å²) in [7, 11) is 3.23. The minimum absolute atomic E-state index is 0.421. The van der Waals surface area contributed by atoms with E-state index in [1.54, 1.807) is 14.2 Å². The van der Waals surface area contributed by atoms with Gasteiger partial charge in [-0.3, -0.25) is 4.68 Å². The number of rotatable bonds is 10. The topological polar surface area (TPSA) is 88.1 Å². The number of hydrogen-bond donors (Lipinski definition) is 1. The maximum atomic E-state index is 6.37. The average molecular weight is 456 g/mol. The van der Waals surface area contributed by atoms with E-state index < -0.39 is 0 Å². The Morgan fingerprint density at radius 3 is 2.62 bits per heavy atom. The van der Waals surface area contributed by atoms with Crippen molar-refractivity contribution in [3.8, 4) is 23.3 Å². The van der Waals surface area contributed by atoms with Crippen molar-refractivity contribution in [3.63, 3.8) is 0 Å². The molecule has 0 bridgehead atoms. The van der Waals surface area contributed by atoms with E-state index in [0.717, 1.165) is 49.9 Å². The Bertz CT molecular complexity index is 1120. The van der Waals surface area contributed by atoms with Gasteiger partial charge in [0.15, 0.2) is 23.0 Å². The van der Waals surface area contributed by atoms with Gasteiger partial charge in [0.1, 0.15) is 16.9 Å².